The Kier molecular flexibility index (Phi) is 8.25. The molecule has 0 saturated carbocycles. The van der Waals surface area contributed by atoms with Crippen LogP contribution in [0.4, 0.5) is 0 Å². The summed E-state index contributed by atoms with van der Waals surface area (Å²) in [6, 6.07) is 12.8. The molecule has 0 aromatic heterocycles. The first kappa shape index (κ1) is 26.5. The highest BCUT2D eigenvalue weighted by molar-refractivity contribution is 7.89. The predicted molar refractivity (Wildman–Crippen MR) is 140 cm³/mol. The lowest BCUT2D eigenvalue weighted by Crippen LogP contribution is -2.44. The van der Waals surface area contributed by atoms with Crippen LogP contribution in [0.2, 0.25) is 0 Å². The van der Waals surface area contributed by atoms with Crippen molar-refractivity contribution < 1.29 is 22.7 Å². The van der Waals surface area contributed by atoms with Crippen molar-refractivity contribution in [1.82, 2.24) is 9.62 Å². The molecule has 8 heteroatoms. The van der Waals surface area contributed by atoms with Crippen molar-refractivity contribution in [3.63, 3.8) is 0 Å². The van der Waals surface area contributed by atoms with Crippen molar-refractivity contribution in [3.8, 4) is 11.5 Å². The zero-order chi connectivity index (χ0) is 25.9. The van der Waals surface area contributed by atoms with E-state index >= 15 is 0 Å². The molecule has 1 amide bonds. The molecule has 4 rings (SSSR count). The first-order valence-electron chi connectivity index (χ1n) is 13.0. The molecule has 2 aliphatic rings. The summed E-state index contributed by atoms with van der Waals surface area (Å²) in [6.07, 6.45) is 1.84. The maximum absolute atomic E-state index is 13.2. The summed E-state index contributed by atoms with van der Waals surface area (Å²) in [5.74, 6) is 1.72. The van der Waals surface area contributed by atoms with Gasteiger partial charge in [-0.25, -0.2) is 8.42 Å². The topological polar surface area (TPSA) is 84.9 Å². The highest BCUT2D eigenvalue weighted by Gasteiger charge is 2.33. The van der Waals surface area contributed by atoms with Gasteiger partial charge in [0.05, 0.1) is 24.2 Å². The summed E-state index contributed by atoms with van der Waals surface area (Å²) in [4.78, 5) is 13.5. The molecule has 0 bridgehead atoms. The summed E-state index contributed by atoms with van der Waals surface area (Å²) in [5, 5.41) is 3.22. The van der Waals surface area contributed by atoms with E-state index in [1.807, 2.05) is 30.3 Å². The molecular weight excluding hydrogens is 476 g/mol. The minimum absolute atomic E-state index is 0.0286. The second-order valence-corrected chi connectivity index (χ2v) is 12.3. The van der Waals surface area contributed by atoms with E-state index in [1.165, 1.54) is 4.31 Å². The van der Waals surface area contributed by atoms with Crippen molar-refractivity contribution in [2.75, 3.05) is 26.3 Å². The van der Waals surface area contributed by atoms with Gasteiger partial charge < -0.3 is 14.8 Å². The van der Waals surface area contributed by atoms with Gasteiger partial charge in [0.25, 0.3) is 0 Å². The molecule has 1 N–H and O–H groups in total. The number of nitrogens with zero attached hydrogens (tertiary/aromatic N) is 1. The van der Waals surface area contributed by atoms with Gasteiger partial charge in [-0.15, -0.1) is 0 Å². The van der Waals surface area contributed by atoms with Gasteiger partial charge in [0.2, 0.25) is 15.9 Å². The highest BCUT2D eigenvalue weighted by Crippen LogP contribution is 2.34. The van der Waals surface area contributed by atoms with Crippen molar-refractivity contribution in [1.29, 1.82) is 0 Å². The van der Waals surface area contributed by atoms with Crippen LogP contribution >= 0.6 is 0 Å². The monoisotopic (exact) mass is 514 g/mol. The second kappa shape index (κ2) is 11.2. The number of rotatable bonds is 7. The zero-order valence-electron chi connectivity index (χ0n) is 21.7. The third-order valence-electron chi connectivity index (χ3n) is 7.10. The molecule has 2 aliphatic heterocycles. The fourth-order valence-corrected chi connectivity index (χ4v) is 6.28. The zero-order valence-corrected chi connectivity index (χ0v) is 22.5. The number of sulfonamides is 1. The van der Waals surface area contributed by atoms with E-state index in [4.69, 9.17) is 9.47 Å². The normalized spacial score (nSPS) is 18.2. The smallest absolute Gasteiger partial charge is 0.243 e. The fraction of sp³-hybridized carbons (Fsp3) is 0.536. The van der Waals surface area contributed by atoms with Gasteiger partial charge >= 0.3 is 0 Å². The fourth-order valence-electron chi connectivity index (χ4n) is 4.81. The van der Waals surface area contributed by atoms with Crippen LogP contribution in [0.3, 0.4) is 0 Å². The SMILES string of the molecule is CC(C)c1ccc(S(=O)(=O)N2CCC(C(=O)NC(c3ccc4c(c3)OCCCO4)C(C)C)CC2)cc1. The Morgan fingerprint density at radius 2 is 1.53 bits per heavy atom. The van der Waals surface area contributed by atoms with Gasteiger partial charge in [0.15, 0.2) is 11.5 Å². The summed E-state index contributed by atoms with van der Waals surface area (Å²) in [7, 11) is -3.57. The Balaban J connectivity index is 1.39. The molecule has 1 fully saturated rings. The van der Waals surface area contributed by atoms with Crippen LogP contribution in [0.1, 0.15) is 70.0 Å². The lowest BCUT2D eigenvalue weighted by Gasteiger charge is -2.32. The minimum atomic E-state index is -3.57. The largest absolute Gasteiger partial charge is 0.490 e. The van der Waals surface area contributed by atoms with Gasteiger partial charge in [-0.3, -0.25) is 4.79 Å². The Labute approximate surface area is 215 Å². The van der Waals surface area contributed by atoms with E-state index in [2.05, 4.69) is 33.0 Å². The van der Waals surface area contributed by atoms with E-state index in [0.29, 0.717) is 55.7 Å². The van der Waals surface area contributed by atoms with Crippen molar-refractivity contribution >= 4 is 15.9 Å². The molecule has 1 unspecified atom stereocenters. The van der Waals surface area contributed by atoms with E-state index in [9.17, 15) is 13.2 Å². The average Bonchev–Trinajstić information content (AvgIpc) is 3.12. The number of carbonyl (C=O) groups is 1. The van der Waals surface area contributed by atoms with Gasteiger partial charge in [0, 0.05) is 25.4 Å². The van der Waals surface area contributed by atoms with E-state index in [0.717, 1.165) is 23.3 Å². The summed E-state index contributed by atoms with van der Waals surface area (Å²) in [5.41, 5.74) is 2.09. The highest BCUT2D eigenvalue weighted by atomic mass is 32.2. The maximum Gasteiger partial charge on any atom is 0.243 e. The predicted octanol–water partition coefficient (Wildman–Crippen LogP) is 4.89. The molecule has 2 aromatic carbocycles. The molecule has 7 nitrogen and oxygen atoms in total. The average molecular weight is 515 g/mol. The molecule has 0 radical (unpaired) electrons. The van der Waals surface area contributed by atoms with Crippen LogP contribution in [-0.2, 0) is 14.8 Å². The van der Waals surface area contributed by atoms with Crippen LogP contribution < -0.4 is 14.8 Å². The number of benzene rings is 2. The number of hydrogen-bond donors (Lipinski definition) is 1. The third kappa shape index (κ3) is 5.86. The minimum Gasteiger partial charge on any atom is -0.490 e. The second-order valence-electron chi connectivity index (χ2n) is 10.4. The number of nitrogens with one attached hydrogen (secondary N) is 1. The Hall–Kier alpha value is -2.58. The van der Waals surface area contributed by atoms with E-state index < -0.39 is 10.0 Å². The van der Waals surface area contributed by atoms with Crippen molar-refractivity contribution in [3.05, 3.63) is 53.6 Å². The van der Waals surface area contributed by atoms with Crippen LogP contribution in [0, 0.1) is 11.8 Å². The first-order valence-corrected chi connectivity index (χ1v) is 14.4. The number of fused-ring (bicyclic) bond motifs is 1. The molecule has 1 atom stereocenters. The number of carbonyl (C=O) groups excluding carboxylic acids is 1. The summed E-state index contributed by atoms with van der Waals surface area (Å²) < 4.78 is 39.4. The van der Waals surface area contributed by atoms with Crippen molar-refractivity contribution in [2.24, 2.45) is 11.8 Å². The number of ether oxygens (including phenoxy) is 2. The molecule has 2 heterocycles. The summed E-state index contributed by atoms with van der Waals surface area (Å²) >= 11 is 0. The number of amides is 1. The van der Waals surface area contributed by atoms with Gasteiger partial charge in [-0.1, -0.05) is 45.9 Å². The molecule has 2 aromatic rings. The molecule has 0 aliphatic carbocycles. The standard InChI is InChI=1S/C28H38N2O5S/c1-19(2)21-6-9-24(10-7-21)36(32,33)30-14-12-22(13-15-30)28(31)29-27(20(3)4)23-8-11-25-26(18-23)35-17-5-16-34-25/h6-11,18-20,22,27H,5,12-17H2,1-4H3,(H,29,31). The number of hydrogen-bond acceptors (Lipinski definition) is 5. The van der Waals surface area contributed by atoms with Crippen LogP contribution in [-0.4, -0.2) is 44.9 Å². The first-order chi connectivity index (χ1) is 17.2. The van der Waals surface area contributed by atoms with Crippen LogP contribution in [0.25, 0.3) is 0 Å². The van der Waals surface area contributed by atoms with Crippen molar-refractivity contribution in [2.45, 2.75) is 63.8 Å². The molecular formula is C28H38N2O5S. The van der Waals surface area contributed by atoms with Gasteiger partial charge in [-0.05, 0) is 60.1 Å². The molecule has 1 saturated heterocycles. The molecule has 36 heavy (non-hydrogen) atoms. The van der Waals surface area contributed by atoms with Gasteiger partial charge in [-0.2, -0.15) is 4.31 Å². The Morgan fingerprint density at radius 3 is 2.14 bits per heavy atom. The Morgan fingerprint density at radius 1 is 0.917 bits per heavy atom. The number of piperidine rings is 1. The van der Waals surface area contributed by atoms with Crippen LogP contribution in [0.15, 0.2) is 47.4 Å². The Bertz CT molecular complexity index is 1150. The summed E-state index contributed by atoms with van der Waals surface area (Å²) in [6.45, 7) is 10.2. The maximum atomic E-state index is 13.2. The van der Waals surface area contributed by atoms with Crippen LogP contribution in [0.5, 0.6) is 11.5 Å². The van der Waals surface area contributed by atoms with E-state index in [-0.39, 0.29) is 23.8 Å². The third-order valence-corrected chi connectivity index (χ3v) is 9.02. The van der Waals surface area contributed by atoms with E-state index in [1.54, 1.807) is 12.1 Å². The van der Waals surface area contributed by atoms with Gasteiger partial charge in [0.1, 0.15) is 0 Å². The lowest BCUT2D eigenvalue weighted by molar-refractivity contribution is -0.127. The lowest BCUT2D eigenvalue weighted by atomic mass is 9.92. The molecule has 196 valence electrons. The quantitative estimate of drug-likeness (QED) is 0.569. The molecule has 0 spiro atoms.